The summed E-state index contributed by atoms with van der Waals surface area (Å²) in [5.41, 5.74) is -0.313. The van der Waals surface area contributed by atoms with E-state index in [9.17, 15) is 26.7 Å². The lowest BCUT2D eigenvalue weighted by atomic mass is 10.2. The smallest absolute Gasteiger partial charge is 0.460 e. The molecule has 0 fully saturated rings. The van der Waals surface area contributed by atoms with Gasteiger partial charge in [-0.15, -0.1) is 11.3 Å². The molecule has 1 N–H and O–H groups in total. The van der Waals surface area contributed by atoms with Crippen LogP contribution in [0.15, 0.2) is 18.2 Å². The van der Waals surface area contributed by atoms with Crippen molar-refractivity contribution in [3.05, 3.63) is 28.8 Å². The van der Waals surface area contributed by atoms with Gasteiger partial charge in [-0.05, 0) is 18.2 Å². The van der Waals surface area contributed by atoms with E-state index in [4.69, 9.17) is 5.11 Å². The van der Waals surface area contributed by atoms with Gasteiger partial charge in [-0.1, -0.05) is 0 Å². The number of carboxylic acid groups (broad SMARTS) is 1. The number of rotatable bonds is 2. The predicted molar refractivity (Wildman–Crippen MR) is 56.5 cm³/mol. The number of aromatic carboxylic acids is 1. The largest absolute Gasteiger partial charge is 0.478 e. The van der Waals surface area contributed by atoms with Crippen molar-refractivity contribution in [2.24, 2.45) is 0 Å². The summed E-state index contributed by atoms with van der Waals surface area (Å²) in [7, 11) is 0. The van der Waals surface area contributed by atoms with Crippen molar-refractivity contribution >= 4 is 27.5 Å². The summed E-state index contributed by atoms with van der Waals surface area (Å²) in [6.45, 7) is 0. The van der Waals surface area contributed by atoms with Gasteiger partial charge in [0.1, 0.15) is 0 Å². The van der Waals surface area contributed by atoms with Crippen LogP contribution in [0.2, 0.25) is 0 Å². The summed E-state index contributed by atoms with van der Waals surface area (Å²) in [5.74, 6) is -6.36. The molecular formula is C10H4F5NO2S. The van der Waals surface area contributed by atoms with Crippen LogP contribution in [-0.2, 0) is 5.92 Å². The number of carboxylic acids is 1. The highest BCUT2D eigenvalue weighted by Gasteiger charge is 2.60. The molecule has 0 saturated carbocycles. The minimum Gasteiger partial charge on any atom is -0.478 e. The fraction of sp³-hybridized carbons (Fsp3) is 0.200. The number of nitrogens with zero attached hydrogens (tertiary/aromatic N) is 1. The number of carbonyl (C=O) groups is 1. The van der Waals surface area contributed by atoms with E-state index in [1.165, 1.54) is 0 Å². The minimum atomic E-state index is -5.74. The molecule has 0 spiro atoms. The molecule has 0 bridgehead atoms. The second-order valence-corrected chi connectivity index (χ2v) is 4.61. The van der Waals surface area contributed by atoms with Crippen molar-refractivity contribution in [3.8, 4) is 0 Å². The van der Waals surface area contributed by atoms with Gasteiger partial charge in [0, 0.05) is 0 Å². The maximum absolute atomic E-state index is 13.1. The van der Waals surface area contributed by atoms with Crippen LogP contribution in [0.4, 0.5) is 22.0 Å². The number of fused-ring (bicyclic) bond motifs is 1. The highest BCUT2D eigenvalue weighted by atomic mass is 32.1. The molecule has 2 rings (SSSR count). The fourth-order valence-corrected chi connectivity index (χ4v) is 2.31. The number of aromatic nitrogens is 1. The number of thiazole rings is 1. The maximum atomic E-state index is 13.1. The number of halogens is 5. The second-order valence-electron chi connectivity index (χ2n) is 3.58. The zero-order valence-electron chi connectivity index (χ0n) is 8.83. The van der Waals surface area contributed by atoms with Crippen LogP contribution in [-0.4, -0.2) is 22.2 Å². The van der Waals surface area contributed by atoms with Crippen molar-refractivity contribution < 1.29 is 31.9 Å². The maximum Gasteiger partial charge on any atom is 0.460 e. The van der Waals surface area contributed by atoms with E-state index in [0.29, 0.717) is 0 Å². The van der Waals surface area contributed by atoms with Gasteiger partial charge in [0.05, 0.1) is 15.8 Å². The van der Waals surface area contributed by atoms with Crippen LogP contribution >= 0.6 is 11.3 Å². The summed E-state index contributed by atoms with van der Waals surface area (Å²) >= 11 is 0.118. The average Bonchev–Trinajstić information content (AvgIpc) is 2.70. The molecule has 0 radical (unpaired) electrons. The molecule has 0 aliphatic heterocycles. The van der Waals surface area contributed by atoms with Gasteiger partial charge < -0.3 is 5.11 Å². The average molecular weight is 297 g/mol. The first-order valence-electron chi connectivity index (χ1n) is 4.72. The minimum absolute atomic E-state index is 0.0428. The lowest BCUT2D eigenvalue weighted by Crippen LogP contribution is -2.33. The SMILES string of the molecule is O=C(O)c1ccc2nc(C(F)(F)C(F)(F)F)sc2c1. The molecule has 2 aromatic rings. The molecule has 1 heterocycles. The Hall–Kier alpha value is -1.77. The van der Waals surface area contributed by atoms with E-state index in [1.54, 1.807) is 0 Å². The molecule has 0 amide bonds. The first-order valence-corrected chi connectivity index (χ1v) is 5.53. The third-order valence-corrected chi connectivity index (χ3v) is 3.35. The molecule has 0 saturated heterocycles. The molecule has 102 valence electrons. The monoisotopic (exact) mass is 297 g/mol. The van der Waals surface area contributed by atoms with E-state index in [2.05, 4.69) is 4.98 Å². The highest BCUT2D eigenvalue weighted by Crippen LogP contribution is 2.46. The Morgan fingerprint density at radius 1 is 1.21 bits per heavy atom. The normalized spacial score (nSPS) is 12.9. The molecule has 19 heavy (non-hydrogen) atoms. The van der Waals surface area contributed by atoms with Crippen molar-refractivity contribution in [1.82, 2.24) is 4.98 Å². The van der Waals surface area contributed by atoms with Crippen molar-refractivity contribution in [2.45, 2.75) is 12.1 Å². The van der Waals surface area contributed by atoms with E-state index in [1.807, 2.05) is 0 Å². The lowest BCUT2D eigenvalue weighted by molar-refractivity contribution is -0.289. The molecular weight excluding hydrogens is 293 g/mol. The number of benzene rings is 1. The topological polar surface area (TPSA) is 50.2 Å². The molecule has 3 nitrogen and oxygen atoms in total. The van der Waals surface area contributed by atoms with Crippen LogP contribution in [0.25, 0.3) is 10.2 Å². The third-order valence-electron chi connectivity index (χ3n) is 2.26. The number of alkyl halides is 5. The Labute approximate surface area is 106 Å². The van der Waals surface area contributed by atoms with Gasteiger partial charge in [0.15, 0.2) is 5.01 Å². The Kier molecular flexibility index (Phi) is 2.96. The number of hydrogen-bond acceptors (Lipinski definition) is 3. The molecule has 1 aromatic carbocycles. The van der Waals surface area contributed by atoms with Gasteiger partial charge in [-0.25, -0.2) is 9.78 Å². The van der Waals surface area contributed by atoms with Gasteiger partial charge in [-0.2, -0.15) is 22.0 Å². The van der Waals surface area contributed by atoms with E-state index in [-0.39, 0.29) is 27.1 Å². The van der Waals surface area contributed by atoms with Gasteiger partial charge >= 0.3 is 18.1 Å². The molecule has 0 atom stereocenters. The first kappa shape index (κ1) is 13.7. The van der Waals surface area contributed by atoms with Crippen molar-refractivity contribution in [2.75, 3.05) is 0 Å². The Morgan fingerprint density at radius 3 is 2.37 bits per heavy atom. The zero-order chi connectivity index (χ0) is 14.4. The zero-order valence-corrected chi connectivity index (χ0v) is 9.65. The van der Waals surface area contributed by atoms with E-state index < -0.39 is 23.1 Å². The quantitative estimate of drug-likeness (QED) is 0.861. The van der Waals surface area contributed by atoms with Crippen LogP contribution in [0.5, 0.6) is 0 Å². The molecule has 0 aliphatic rings. The summed E-state index contributed by atoms with van der Waals surface area (Å²) in [6.07, 6.45) is -5.74. The number of hydrogen-bond donors (Lipinski definition) is 1. The Bertz CT molecular complexity index is 649. The summed E-state index contributed by atoms with van der Waals surface area (Å²) in [5, 5.41) is 7.29. The fourth-order valence-electron chi connectivity index (χ4n) is 1.31. The third kappa shape index (κ3) is 2.25. The first-order chi connectivity index (χ1) is 8.63. The summed E-state index contributed by atoms with van der Waals surface area (Å²) in [6, 6.07) is 3.18. The van der Waals surface area contributed by atoms with Gasteiger partial charge in [0.2, 0.25) is 0 Å². The van der Waals surface area contributed by atoms with E-state index in [0.717, 1.165) is 18.2 Å². The van der Waals surface area contributed by atoms with Crippen LogP contribution in [0.1, 0.15) is 15.4 Å². The standard InChI is InChI=1S/C10H4F5NO2S/c11-9(12,10(13,14)15)8-16-5-2-1-4(7(17)18)3-6(5)19-8/h1-3H,(H,17,18). The van der Waals surface area contributed by atoms with Crippen LogP contribution in [0.3, 0.4) is 0 Å². The van der Waals surface area contributed by atoms with Crippen molar-refractivity contribution in [3.63, 3.8) is 0 Å². The molecule has 0 aliphatic carbocycles. The molecule has 0 unspecified atom stereocenters. The van der Waals surface area contributed by atoms with Gasteiger partial charge in [-0.3, -0.25) is 0 Å². The van der Waals surface area contributed by atoms with Gasteiger partial charge in [0.25, 0.3) is 0 Å². The highest BCUT2D eigenvalue weighted by molar-refractivity contribution is 7.18. The summed E-state index contributed by atoms with van der Waals surface area (Å²) < 4.78 is 62.6. The van der Waals surface area contributed by atoms with E-state index >= 15 is 0 Å². The predicted octanol–water partition coefficient (Wildman–Crippen LogP) is 3.65. The second kappa shape index (κ2) is 4.12. The summed E-state index contributed by atoms with van der Waals surface area (Å²) in [4.78, 5) is 13.9. The van der Waals surface area contributed by atoms with Crippen molar-refractivity contribution in [1.29, 1.82) is 0 Å². The lowest BCUT2D eigenvalue weighted by Gasteiger charge is -2.16. The molecule has 1 aromatic heterocycles. The Morgan fingerprint density at radius 2 is 1.84 bits per heavy atom. The molecule has 9 heteroatoms. The van der Waals surface area contributed by atoms with Crippen LogP contribution < -0.4 is 0 Å². The van der Waals surface area contributed by atoms with Crippen LogP contribution in [0, 0.1) is 0 Å². The Balaban J connectivity index is 2.56.